The lowest BCUT2D eigenvalue weighted by Gasteiger charge is -2.22. The smallest absolute Gasteiger partial charge is 0.243 e. The second kappa shape index (κ2) is 6.25. The average Bonchev–Trinajstić information content (AvgIpc) is 3.02. The highest BCUT2D eigenvalue weighted by atomic mass is 16.6. The first-order valence-corrected chi connectivity index (χ1v) is 7.58. The van der Waals surface area contributed by atoms with Crippen molar-refractivity contribution in [3.05, 3.63) is 23.8 Å². The van der Waals surface area contributed by atoms with E-state index in [1.165, 1.54) is 6.92 Å². The minimum Gasteiger partial charge on any atom is -0.486 e. The van der Waals surface area contributed by atoms with Crippen molar-refractivity contribution in [2.24, 2.45) is 0 Å². The molecular weight excluding hydrogens is 284 g/mol. The number of rotatable bonds is 3. The number of benzene rings is 1. The van der Waals surface area contributed by atoms with Crippen LogP contribution in [0.25, 0.3) is 0 Å². The number of ether oxygens (including phenoxy) is 2. The molecular formula is C16H20N2O4. The van der Waals surface area contributed by atoms with E-state index >= 15 is 0 Å². The van der Waals surface area contributed by atoms with Gasteiger partial charge in [0.25, 0.3) is 0 Å². The fourth-order valence-corrected chi connectivity index (χ4v) is 2.92. The van der Waals surface area contributed by atoms with Crippen LogP contribution in [0.4, 0.5) is 0 Å². The van der Waals surface area contributed by atoms with Crippen molar-refractivity contribution in [2.45, 2.75) is 32.4 Å². The van der Waals surface area contributed by atoms with Crippen LogP contribution in [-0.2, 0) is 16.1 Å². The van der Waals surface area contributed by atoms with Gasteiger partial charge in [0.15, 0.2) is 11.5 Å². The van der Waals surface area contributed by atoms with E-state index in [1.54, 1.807) is 4.90 Å². The summed E-state index contributed by atoms with van der Waals surface area (Å²) < 4.78 is 11.0. The molecule has 0 unspecified atom stereocenters. The van der Waals surface area contributed by atoms with Crippen molar-refractivity contribution in [2.75, 3.05) is 19.8 Å². The topological polar surface area (TPSA) is 67.9 Å². The quantitative estimate of drug-likeness (QED) is 0.907. The first kappa shape index (κ1) is 14.7. The summed E-state index contributed by atoms with van der Waals surface area (Å²) in [5.41, 5.74) is 0.949. The predicted octanol–water partition coefficient (Wildman–Crippen LogP) is 1.08. The second-order valence-electron chi connectivity index (χ2n) is 5.57. The van der Waals surface area contributed by atoms with Gasteiger partial charge in [-0.1, -0.05) is 6.07 Å². The lowest BCUT2D eigenvalue weighted by atomic mass is 10.1. The van der Waals surface area contributed by atoms with Gasteiger partial charge in [-0.2, -0.15) is 0 Å². The van der Waals surface area contributed by atoms with E-state index in [0.29, 0.717) is 32.1 Å². The number of carbonyl (C=O) groups excluding carboxylic acids is 2. The largest absolute Gasteiger partial charge is 0.486 e. The van der Waals surface area contributed by atoms with Crippen molar-refractivity contribution in [3.63, 3.8) is 0 Å². The number of hydrogen-bond donors (Lipinski definition) is 1. The zero-order valence-electron chi connectivity index (χ0n) is 12.6. The minimum absolute atomic E-state index is 0.0445. The minimum atomic E-state index is -0.338. The van der Waals surface area contributed by atoms with E-state index in [1.807, 2.05) is 18.2 Å². The van der Waals surface area contributed by atoms with Crippen LogP contribution in [0, 0.1) is 0 Å². The molecule has 22 heavy (non-hydrogen) atoms. The Bertz CT molecular complexity index is 588. The van der Waals surface area contributed by atoms with Crippen LogP contribution in [0.1, 0.15) is 25.3 Å². The molecule has 2 heterocycles. The molecule has 2 aliphatic rings. The molecule has 6 heteroatoms. The lowest BCUT2D eigenvalue weighted by molar-refractivity contribution is -0.136. The van der Waals surface area contributed by atoms with Crippen LogP contribution in [-0.4, -0.2) is 42.5 Å². The molecule has 0 aromatic heterocycles. The van der Waals surface area contributed by atoms with E-state index in [0.717, 1.165) is 24.2 Å². The Kier molecular flexibility index (Phi) is 4.18. The molecule has 1 saturated heterocycles. The van der Waals surface area contributed by atoms with E-state index in [9.17, 15) is 9.59 Å². The van der Waals surface area contributed by atoms with Gasteiger partial charge < -0.3 is 19.7 Å². The Hall–Kier alpha value is -2.24. The van der Waals surface area contributed by atoms with Gasteiger partial charge in [-0.15, -0.1) is 0 Å². The SMILES string of the molecule is CC(=O)N1CCC[C@H]1C(=O)NCc1ccc2c(c1)OCCO2. The number of carbonyl (C=O) groups is 2. The average molecular weight is 304 g/mol. The fraction of sp³-hybridized carbons (Fsp3) is 0.500. The van der Waals surface area contributed by atoms with Gasteiger partial charge in [0.2, 0.25) is 11.8 Å². The van der Waals surface area contributed by atoms with Crippen LogP contribution in [0.3, 0.4) is 0 Å². The van der Waals surface area contributed by atoms with E-state index in [4.69, 9.17) is 9.47 Å². The van der Waals surface area contributed by atoms with Crippen molar-refractivity contribution in [1.29, 1.82) is 0 Å². The molecule has 0 aliphatic carbocycles. The highest BCUT2D eigenvalue weighted by molar-refractivity contribution is 5.87. The molecule has 1 aromatic carbocycles. The summed E-state index contributed by atoms with van der Waals surface area (Å²) in [5.74, 6) is 1.31. The molecule has 118 valence electrons. The van der Waals surface area contributed by atoms with Crippen molar-refractivity contribution >= 4 is 11.8 Å². The van der Waals surface area contributed by atoms with Crippen molar-refractivity contribution in [1.82, 2.24) is 10.2 Å². The zero-order chi connectivity index (χ0) is 15.5. The summed E-state index contributed by atoms with van der Waals surface area (Å²) in [6, 6.07) is 5.31. The molecule has 6 nitrogen and oxygen atoms in total. The Morgan fingerprint density at radius 2 is 2.05 bits per heavy atom. The van der Waals surface area contributed by atoms with Gasteiger partial charge in [0, 0.05) is 20.0 Å². The molecule has 1 atom stereocenters. The van der Waals surface area contributed by atoms with Gasteiger partial charge in [-0.05, 0) is 30.5 Å². The maximum atomic E-state index is 12.3. The molecule has 3 rings (SSSR count). The van der Waals surface area contributed by atoms with Crippen LogP contribution >= 0.6 is 0 Å². The molecule has 0 spiro atoms. The summed E-state index contributed by atoms with van der Waals surface area (Å²) >= 11 is 0. The summed E-state index contributed by atoms with van der Waals surface area (Å²) in [5, 5.41) is 2.90. The van der Waals surface area contributed by atoms with E-state index < -0.39 is 0 Å². The Morgan fingerprint density at radius 3 is 2.82 bits per heavy atom. The van der Waals surface area contributed by atoms with Gasteiger partial charge in [0.1, 0.15) is 19.3 Å². The number of likely N-dealkylation sites (tertiary alicyclic amines) is 1. The molecule has 1 N–H and O–H groups in total. The number of hydrogen-bond acceptors (Lipinski definition) is 4. The maximum Gasteiger partial charge on any atom is 0.243 e. The molecule has 1 aromatic rings. The van der Waals surface area contributed by atoms with Gasteiger partial charge in [-0.3, -0.25) is 9.59 Å². The van der Waals surface area contributed by atoms with Crippen LogP contribution in [0.5, 0.6) is 11.5 Å². The number of fused-ring (bicyclic) bond motifs is 1. The number of nitrogens with one attached hydrogen (secondary N) is 1. The molecule has 1 fully saturated rings. The van der Waals surface area contributed by atoms with Crippen molar-refractivity contribution in [3.8, 4) is 11.5 Å². The Balaban J connectivity index is 1.60. The number of nitrogens with zero attached hydrogens (tertiary/aromatic N) is 1. The first-order chi connectivity index (χ1) is 10.6. The monoisotopic (exact) mass is 304 g/mol. The third kappa shape index (κ3) is 3.00. The molecule has 2 aliphatic heterocycles. The molecule has 0 saturated carbocycles. The summed E-state index contributed by atoms with van der Waals surface area (Å²) in [6.07, 6.45) is 1.61. The summed E-state index contributed by atoms with van der Waals surface area (Å²) in [6.45, 7) is 3.69. The highest BCUT2D eigenvalue weighted by Crippen LogP contribution is 2.30. The van der Waals surface area contributed by atoms with Crippen LogP contribution in [0.2, 0.25) is 0 Å². The molecule has 0 radical (unpaired) electrons. The van der Waals surface area contributed by atoms with Crippen LogP contribution < -0.4 is 14.8 Å². The summed E-state index contributed by atoms with van der Waals surface area (Å²) in [4.78, 5) is 25.4. The maximum absolute atomic E-state index is 12.3. The summed E-state index contributed by atoms with van der Waals surface area (Å²) in [7, 11) is 0. The molecule has 0 bridgehead atoms. The van der Waals surface area contributed by atoms with Gasteiger partial charge in [-0.25, -0.2) is 0 Å². The standard InChI is InChI=1S/C16H20N2O4/c1-11(19)18-6-2-3-13(18)16(20)17-10-12-4-5-14-15(9-12)22-8-7-21-14/h4-5,9,13H,2-3,6-8,10H2,1H3,(H,17,20)/t13-/m0/s1. The van der Waals surface area contributed by atoms with E-state index in [-0.39, 0.29) is 17.9 Å². The third-order valence-corrected chi connectivity index (χ3v) is 4.03. The second-order valence-corrected chi connectivity index (χ2v) is 5.57. The predicted molar refractivity (Wildman–Crippen MR) is 79.7 cm³/mol. The Labute approximate surface area is 129 Å². The number of amides is 2. The fourth-order valence-electron chi connectivity index (χ4n) is 2.92. The lowest BCUT2D eigenvalue weighted by Crippen LogP contribution is -2.44. The van der Waals surface area contributed by atoms with Gasteiger partial charge >= 0.3 is 0 Å². The van der Waals surface area contributed by atoms with Crippen LogP contribution in [0.15, 0.2) is 18.2 Å². The van der Waals surface area contributed by atoms with E-state index in [2.05, 4.69) is 5.32 Å². The van der Waals surface area contributed by atoms with Gasteiger partial charge in [0.05, 0.1) is 0 Å². The zero-order valence-corrected chi connectivity index (χ0v) is 12.6. The van der Waals surface area contributed by atoms with Crippen molar-refractivity contribution < 1.29 is 19.1 Å². The normalized spacial score (nSPS) is 19.9. The Morgan fingerprint density at radius 1 is 1.27 bits per heavy atom. The highest BCUT2D eigenvalue weighted by Gasteiger charge is 2.32. The first-order valence-electron chi connectivity index (χ1n) is 7.58. The molecule has 2 amide bonds. The third-order valence-electron chi connectivity index (χ3n) is 4.03.